The Labute approximate surface area is 155 Å². The molecule has 3 aromatic rings. The van der Waals surface area contributed by atoms with E-state index >= 15 is 0 Å². The van der Waals surface area contributed by atoms with E-state index in [9.17, 15) is 14.4 Å². The molecule has 2 aromatic carbocycles. The van der Waals surface area contributed by atoms with Crippen molar-refractivity contribution in [1.29, 1.82) is 0 Å². The van der Waals surface area contributed by atoms with Gasteiger partial charge in [0, 0.05) is 12.6 Å². The molecular formula is C20H19N3O4. The first-order valence-electron chi connectivity index (χ1n) is 8.47. The van der Waals surface area contributed by atoms with Gasteiger partial charge in [-0.15, -0.1) is 0 Å². The highest BCUT2D eigenvalue weighted by Gasteiger charge is 2.16. The summed E-state index contributed by atoms with van der Waals surface area (Å²) in [6, 6.07) is 13.9. The van der Waals surface area contributed by atoms with Gasteiger partial charge in [-0.3, -0.25) is 14.4 Å². The van der Waals surface area contributed by atoms with Crippen LogP contribution in [0.2, 0.25) is 0 Å². The molecule has 0 saturated heterocycles. The topological polar surface area (TPSA) is 101 Å². The molecule has 0 radical (unpaired) electrons. The van der Waals surface area contributed by atoms with Gasteiger partial charge in [0.15, 0.2) is 11.9 Å². The lowest BCUT2D eigenvalue weighted by Crippen LogP contribution is -2.18. The zero-order valence-electron chi connectivity index (χ0n) is 15.0. The molecule has 0 bridgehead atoms. The first kappa shape index (κ1) is 18.3. The lowest BCUT2D eigenvalue weighted by Gasteiger charge is -2.13. The van der Waals surface area contributed by atoms with E-state index in [4.69, 9.17) is 4.74 Å². The van der Waals surface area contributed by atoms with Crippen molar-refractivity contribution in [2.24, 2.45) is 0 Å². The number of nitrogens with one attached hydrogen (secondary N) is 2. The number of aromatic amines is 1. The van der Waals surface area contributed by atoms with E-state index in [0.717, 1.165) is 5.56 Å². The molecule has 2 N–H and O–H groups in total. The maximum Gasteiger partial charge on any atom is 0.310 e. The minimum atomic E-state index is -0.687. The average Bonchev–Trinajstić information content (AvgIpc) is 2.63. The lowest BCUT2D eigenvalue weighted by molar-refractivity contribution is -0.148. The number of carbonyl (C=O) groups excluding carboxylic acids is 2. The van der Waals surface area contributed by atoms with Crippen molar-refractivity contribution in [3.63, 3.8) is 0 Å². The molecule has 1 amide bonds. The van der Waals surface area contributed by atoms with Crippen molar-refractivity contribution in [3.05, 3.63) is 70.3 Å². The minimum absolute atomic E-state index is 0.0719. The van der Waals surface area contributed by atoms with Gasteiger partial charge in [-0.2, -0.15) is 0 Å². The highest BCUT2D eigenvalue weighted by Crippen LogP contribution is 2.16. The number of nitrogens with zero attached hydrogens (tertiary/aromatic N) is 1. The Balaban J connectivity index is 1.67. The Morgan fingerprint density at radius 1 is 1.15 bits per heavy atom. The summed E-state index contributed by atoms with van der Waals surface area (Å²) in [6.45, 7) is 3.09. The summed E-state index contributed by atoms with van der Waals surface area (Å²) in [5.41, 5.74) is 1.69. The third kappa shape index (κ3) is 4.58. The van der Waals surface area contributed by atoms with Gasteiger partial charge >= 0.3 is 5.97 Å². The number of para-hydroxylation sites is 1. The quantitative estimate of drug-likeness (QED) is 0.677. The van der Waals surface area contributed by atoms with Crippen LogP contribution in [0.25, 0.3) is 10.9 Å². The summed E-state index contributed by atoms with van der Waals surface area (Å²) < 4.78 is 5.40. The normalized spacial score (nSPS) is 11.8. The second-order valence-electron chi connectivity index (χ2n) is 6.16. The minimum Gasteiger partial charge on any atom is -0.454 e. The van der Waals surface area contributed by atoms with Crippen LogP contribution in [0.4, 0.5) is 5.69 Å². The van der Waals surface area contributed by atoms with Crippen LogP contribution in [0.1, 0.15) is 31.3 Å². The number of amides is 1. The van der Waals surface area contributed by atoms with E-state index in [1.807, 2.05) is 0 Å². The van der Waals surface area contributed by atoms with Crippen LogP contribution in [-0.4, -0.2) is 21.8 Å². The highest BCUT2D eigenvalue weighted by atomic mass is 16.5. The maximum atomic E-state index is 12.2. The summed E-state index contributed by atoms with van der Waals surface area (Å²) in [7, 11) is 0. The van der Waals surface area contributed by atoms with E-state index in [2.05, 4.69) is 15.3 Å². The molecule has 7 nitrogen and oxygen atoms in total. The summed E-state index contributed by atoms with van der Waals surface area (Å²) in [5.74, 6) is -0.300. The van der Waals surface area contributed by atoms with Crippen LogP contribution in [-0.2, 0) is 20.7 Å². The average molecular weight is 365 g/mol. The predicted molar refractivity (Wildman–Crippen MR) is 101 cm³/mol. The van der Waals surface area contributed by atoms with E-state index in [0.29, 0.717) is 22.4 Å². The van der Waals surface area contributed by atoms with E-state index < -0.39 is 12.1 Å². The van der Waals surface area contributed by atoms with E-state index in [1.54, 1.807) is 55.5 Å². The number of hydrogen-bond acceptors (Lipinski definition) is 5. The molecule has 0 aliphatic carbocycles. The molecule has 27 heavy (non-hydrogen) atoms. The van der Waals surface area contributed by atoms with Crippen molar-refractivity contribution in [3.8, 4) is 0 Å². The van der Waals surface area contributed by atoms with Crippen LogP contribution < -0.4 is 10.9 Å². The summed E-state index contributed by atoms with van der Waals surface area (Å²) in [4.78, 5) is 42.4. The Kier molecular flexibility index (Phi) is 5.30. The number of carbonyl (C=O) groups is 2. The molecule has 0 unspecified atom stereocenters. The van der Waals surface area contributed by atoms with Gasteiger partial charge in [-0.25, -0.2) is 4.98 Å². The largest absolute Gasteiger partial charge is 0.454 e. The molecule has 1 aromatic heterocycles. The molecule has 0 aliphatic rings. The molecule has 1 heterocycles. The van der Waals surface area contributed by atoms with Gasteiger partial charge in [0.25, 0.3) is 5.56 Å². The van der Waals surface area contributed by atoms with Gasteiger partial charge in [-0.1, -0.05) is 24.3 Å². The Morgan fingerprint density at radius 2 is 1.85 bits per heavy atom. The fourth-order valence-corrected chi connectivity index (χ4v) is 2.67. The summed E-state index contributed by atoms with van der Waals surface area (Å²) in [6.07, 6.45) is -0.615. The van der Waals surface area contributed by atoms with Gasteiger partial charge in [-0.05, 0) is 36.8 Å². The molecular weight excluding hydrogens is 346 g/mol. The smallest absolute Gasteiger partial charge is 0.310 e. The SMILES string of the molecule is CC(=O)Nc1ccc(CC(=O)O[C@H](C)c2nc3ccccc3c(=O)[nH]2)cc1. The fourth-order valence-electron chi connectivity index (χ4n) is 2.67. The van der Waals surface area contributed by atoms with E-state index in [1.165, 1.54) is 6.92 Å². The molecule has 1 atom stereocenters. The number of hydrogen-bond donors (Lipinski definition) is 2. The zero-order valence-corrected chi connectivity index (χ0v) is 15.0. The van der Waals surface area contributed by atoms with Gasteiger partial charge in [0.1, 0.15) is 0 Å². The van der Waals surface area contributed by atoms with Crippen molar-refractivity contribution < 1.29 is 14.3 Å². The first-order valence-corrected chi connectivity index (χ1v) is 8.47. The van der Waals surface area contributed by atoms with Gasteiger partial charge < -0.3 is 15.0 Å². The van der Waals surface area contributed by atoms with Crippen molar-refractivity contribution in [1.82, 2.24) is 9.97 Å². The number of fused-ring (bicyclic) bond motifs is 1. The highest BCUT2D eigenvalue weighted by molar-refractivity contribution is 5.88. The molecule has 3 rings (SSSR count). The third-order valence-corrected chi connectivity index (χ3v) is 3.95. The van der Waals surface area contributed by atoms with Gasteiger partial charge in [0.05, 0.1) is 17.3 Å². The molecule has 0 saturated carbocycles. The molecule has 138 valence electrons. The fraction of sp³-hybridized carbons (Fsp3) is 0.200. The monoisotopic (exact) mass is 365 g/mol. The second kappa shape index (κ2) is 7.82. The van der Waals surface area contributed by atoms with Crippen LogP contribution in [0.15, 0.2) is 53.3 Å². The Bertz CT molecular complexity index is 1040. The number of rotatable bonds is 5. The van der Waals surface area contributed by atoms with Gasteiger partial charge in [0.2, 0.25) is 5.91 Å². The standard InChI is InChI=1S/C20H19N3O4/c1-12(19-22-17-6-4-3-5-16(17)20(26)23-19)27-18(25)11-14-7-9-15(10-8-14)21-13(2)24/h3-10,12H,11H2,1-2H3,(H,21,24)(H,22,23,26)/t12-/m1/s1. The molecule has 0 fully saturated rings. The van der Waals surface area contributed by atoms with Crippen LogP contribution in [0.3, 0.4) is 0 Å². The Hall–Kier alpha value is -3.48. The third-order valence-electron chi connectivity index (χ3n) is 3.95. The Morgan fingerprint density at radius 3 is 2.56 bits per heavy atom. The summed E-state index contributed by atoms with van der Waals surface area (Å²) >= 11 is 0. The van der Waals surface area contributed by atoms with Crippen molar-refractivity contribution in [2.45, 2.75) is 26.4 Å². The maximum absolute atomic E-state index is 12.2. The molecule has 7 heteroatoms. The van der Waals surface area contributed by atoms with Crippen LogP contribution >= 0.6 is 0 Å². The van der Waals surface area contributed by atoms with E-state index in [-0.39, 0.29) is 17.9 Å². The number of ether oxygens (including phenoxy) is 1. The predicted octanol–water partition coefficient (Wildman–Crippen LogP) is 2.73. The number of H-pyrrole nitrogens is 1. The number of benzene rings is 2. The summed E-state index contributed by atoms with van der Waals surface area (Å²) in [5, 5.41) is 3.15. The van der Waals surface area contributed by atoms with Crippen molar-refractivity contribution in [2.75, 3.05) is 5.32 Å². The first-order chi connectivity index (χ1) is 12.9. The van der Waals surface area contributed by atoms with Crippen LogP contribution in [0, 0.1) is 0 Å². The molecule has 0 spiro atoms. The number of anilines is 1. The van der Waals surface area contributed by atoms with Crippen LogP contribution in [0.5, 0.6) is 0 Å². The molecule has 0 aliphatic heterocycles. The number of esters is 1. The van der Waals surface area contributed by atoms with Crippen molar-refractivity contribution >= 4 is 28.5 Å². The lowest BCUT2D eigenvalue weighted by atomic mass is 10.1. The second-order valence-corrected chi connectivity index (χ2v) is 6.16. The number of aromatic nitrogens is 2. The zero-order chi connectivity index (χ0) is 19.4.